The van der Waals surface area contributed by atoms with E-state index in [4.69, 9.17) is 8.60 Å². The van der Waals surface area contributed by atoms with Crippen molar-refractivity contribution >= 4 is 60.8 Å². The van der Waals surface area contributed by atoms with Gasteiger partial charge in [-0.25, -0.2) is 0 Å². The third kappa shape index (κ3) is 10.7. The van der Waals surface area contributed by atoms with Crippen molar-refractivity contribution in [3.05, 3.63) is 48.5 Å². The fraction of sp³-hybridized carbons (Fsp3) is 0.500. The highest BCUT2D eigenvalue weighted by Gasteiger charge is 2.22. The third-order valence-electron chi connectivity index (χ3n) is 4.53. The van der Waals surface area contributed by atoms with Gasteiger partial charge < -0.3 is 17.9 Å². The van der Waals surface area contributed by atoms with E-state index >= 15 is 0 Å². The van der Waals surface area contributed by atoms with Crippen LogP contribution in [0.5, 0.6) is 0 Å². The van der Waals surface area contributed by atoms with Gasteiger partial charge in [-0.2, -0.15) is 0 Å². The van der Waals surface area contributed by atoms with Crippen molar-refractivity contribution in [1.29, 1.82) is 0 Å². The molecule has 186 valence electrons. The van der Waals surface area contributed by atoms with E-state index in [1.807, 2.05) is 0 Å². The molecule has 4 nitrogen and oxygen atoms in total. The van der Waals surface area contributed by atoms with Crippen molar-refractivity contribution in [2.75, 3.05) is 0 Å². The smallest absolute Gasteiger partial charge is 0.254 e. The Balaban J connectivity index is 2.36. The van der Waals surface area contributed by atoms with Crippen molar-refractivity contribution < 1.29 is 0 Å². The summed E-state index contributed by atoms with van der Waals surface area (Å²) in [5, 5.41) is 2.74. The maximum atomic E-state index is 5.31. The van der Waals surface area contributed by atoms with Gasteiger partial charge in [0, 0.05) is 0 Å². The lowest BCUT2D eigenvalue weighted by molar-refractivity contribution is 1.37. The van der Waals surface area contributed by atoms with Gasteiger partial charge in [-0.05, 0) is 21.5 Å². The average molecular weight is 559 g/mol. The van der Waals surface area contributed by atoms with Gasteiger partial charge in [-0.15, -0.1) is 0 Å². The van der Waals surface area contributed by atoms with E-state index < -0.39 is 50.4 Å². The van der Waals surface area contributed by atoms with Gasteiger partial charge in [0.05, 0.1) is 0 Å². The summed E-state index contributed by atoms with van der Waals surface area (Å²) in [7, 11) is -8.04. The van der Waals surface area contributed by atoms with Gasteiger partial charge >= 0.3 is 0 Å². The van der Waals surface area contributed by atoms with Gasteiger partial charge in [-0.1, -0.05) is 127 Å². The van der Waals surface area contributed by atoms with Crippen LogP contribution in [-0.2, 0) is 0 Å². The first kappa shape index (κ1) is 29.2. The van der Waals surface area contributed by atoms with Crippen LogP contribution in [0, 0.1) is 0 Å². The topological polar surface area (TPSA) is 48.8 Å². The summed E-state index contributed by atoms with van der Waals surface area (Å²) < 4.78 is 18.5. The zero-order valence-corrected chi connectivity index (χ0v) is 29.5. The molecule has 34 heavy (non-hydrogen) atoms. The first-order valence-corrected chi connectivity index (χ1v) is 29.1. The Labute approximate surface area is 216 Å². The van der Waals surface area contributed by atoms with E-state index in [2.05, 4.69) is 136 Å². The van der Waals surface area contributed by atoms with Crippen LogP contribution in [0.4, 0.5) is 0 Å². The minimum absolute atomic E-state index is 1.10. The van der Waals surface area contributed by atoms with E-state index in [0.717, 1.165) is 0 Å². The minimum Gasteiger partial charge on any atom is -0.430 e. The van der Waals surface area contributed by atoms with Crippen molar-refractivity contribution in [2.24, 2.45) is 8.60 Å². The molecule has 0 aliphatic carbocycles. The van der Waals surface area contributed by atoms with Crippen LogP contribution >= 0.6 is 0 Å². The molecule has 2 aromatic carbocycles. The lowest BCUT2D eigenvalue weighted by atomic mass is 10.1. The molecule has 0 bridgehead atoms. The zero-order chi connectivity index (χ0) is 25.9. The molecule has 0 saturated carbocycles. The van der Waals surface area contributed by atoms with Crippen molar-refractivity contribution in [3.63, 3.8) is 0 Å². The highest BCUT2D eigenvalue weighted by molar-refractivity contribution is 6.89. The highest BCUT2D eigenvalue weighted by Crippen LogP contribution is 2.17. The Morgan fingerprint density at radius 2 is 0.735 bits per heavy atom. The molecule has 2 aromatic rings. The molecule has 0 fully saturated rings. The predicted octanol–water partition coefficient (Wildman–Crippen LogP) is 5.80. The summed E-state index contributed by atoms with van der Waals surface area (Å²) >= 11 is 0. The molecule has 0 spiro atoms. The molecule has 0 saturated heterocycles. The summed E-state index contributed by atoms with van der Waals surface area (Å²) in [4.78, 5) is 0. The largest absolute Gasteiger partial charge is 0.430 e. The summed E-state index contributed by atoms with van der Waals surface area (Å²) in [5.41, 5.74) is 2.54. The Morgan fingerprint density at radius 3 is 0.941 bits per heavy atom. The van der Waals surface area contributed by atoms with Crippen LogP contribution in [0.15, 0.2) is 57.1 Å². The van der Waals surface area contributed by atoms with E-state index in [-0.39, 0.29) is 0 Å². The lowest BCUT2D eigenvalue weighted by Crippen LogP contribution is -2.53. The van der Waals surface area contributed by atoms with Gasteiger partial charge in [0.1, 0.15) is 16.5 Å². The van der Waals surface area contributed by atoms with Crippen LogP contribution in [0.2, 0.25) is 78.6 Å². The minimum atomic E-state index is -1.51. The van der Waals surface area contributed by atoms with Gasteiger partial charge in [0.15, 0.2) is 16.5 Å². The van der Waals surface area contributed by atoms with E-state index in [0.29, 0.717) is 0 Å². The number of benzene rings is 2. The number of nitrogens with one attached hydrogen (secondary N) is 2. The quantitative estimate of drug-likeness (QED) is 0.382. The molecule has 0 radical (unpaired) electrons. The number of hydrogen-bond acceptors (Lipinski definition) is 2. The predicted molar refractivity (Wildman–Crippen MR) is 167 cm³/mol. The first-order chi connectivity index (χ1) is 15.3. The SMILES string of the molecule is C[Si](C)(C)N=[Si](N[Si](C)(C)C)c1ccc(-c2ccc([Si](=N[Si](C)(C)C)N[Si](C)(C)C)cc2)cc1. The molecule has 0 aliphatic rings. The van der Waals surface area contributed by atoms with Crippen molar-refractivity contribution in [1.82, 2.24) is 9.30 Å². The molecule has 0 amide bonds. The average Bonchev–Trinajstić information content (AvgIpc) is 2.63. The van der Waals surface area contributed by atoms with Crippen molar-refractivity contribution in [3.8, 4) is 11.1 Å². The lowest BCUT2D eigenvalue weighted by Gasteiger charge is -2.24. The maximum Gasteiger partial charge on any atom is 0.254 e. The normalized spacial score (nSPS) is 14.2. The molecular weight excluding hydrogens is 513 g/mol. The molecule has 0 atom stereocenters. The third-order valence-corrected chi connectivity index (χ3v) is 21.3. The second-order valence-electron chi connectivity index (χ2n) is 13.2. The first-order valence-electron chi connectivity index (χ1n) is 12.3. The molecule has 2 rings (SSSR count). The van der Waals surface area contributed by atoms with Gasteiger partial charge in [0.2, 0.25) is 0 Å². The number of hydrogen-bond donors (Lipinski definition) is 2. The second kappa shape index (κ2) is 10.9. The van der Waals surface area contributed by atoms with Crippen LogP contribution in [0.25, 0.3) is 11.1 Å². The van der Waals surface area contributed by atoms with Crippen LogP contribution in [0.3, 0.4) is 0 Å². The van der Waals surface area contributed by atoms with Gasteiger partial charge in [-0.3, -0.25) is 0 Å². The standard InChI is InChI=1S/C24H46N4Si6/c1-31(2,3)25-29(26-32(4,5)6)23-17-13-21(14-18-23)22-15-19-24(20-16-22)30(27-33(7,8)9)28-34(10,11)12/h13-20,25,27H,1-12H3. The Morgan fingerprint density at radius 1 is 0.471 bits per heavy atom. The molecule has 0 aromatic heterocycles. The van der Waals surface area contributed by atoms with Gasteiger partial charge in [0.25, 0.3) is 17.5 Å². The Kier molecular flexibility index (Phi) is 9.36. The molecule has 10 heteroatoms. The van der Waals surface area contributed by atoms with Crippen LogP contribution in [0.1, 0.15) is 0 Å². The zero-order valence-electron chi connectivity index (χ0n) is 23.5. The summed E-state index contributed by atoms with van der Waals surface area (Å²) in [6, 6.07) is 18.3. The van der Waals surface area contributed by atoms with Crippen LogP contribution in [-0.4, -0.2) is 50.4 Å². The van der Waals surface area contributed by atoms with E-state index in [1.165, 1.54) is 21.5 Å². The molecule has 2 N–H and O–H groups in total. The number of nitrogens with zero attached hydrogens (tertiary/aromatic N) is 2. The highest BCUT2D eigenvalue weighted by atomic mass is 28.4. The fourth-order valence-electron chi connectivity index (χ4n) is 3.35. The summed E-state index contributed by atoms with van der Waals surface area (Å²) in [6.07, 6.45) is 0. The maximum absolute atomic E-state index is 5.31. The Bertz CT molecular complexity index is 935. The van der Waals surface area contributed by atoms with E-state index in [1.54, 1.807) is 0 Å². The van der Waals surface area contributed by atoms with E-state index in [9.17, 15) is 0 Å². The molecule has 0 heterocycles. The number of rotatable bonds is 9. The van der Waals surface area contributed by atoms with Crippen molar-refractivity contribution in [2.45, 2.75) is 78.6 Å². The molecule has 0 unspecified atom stereocenters. The Hall–Kier alpha value is -1.06. The molecular formula is C24H46N4Si6. The monoisotopic (exact) mass is 558 g/mol. The fourth-order valence-corrected chi connectivity index (χ4v) is 19.0. The van der Waals surface area contributed by atoms with Crippen LogP contribution < -0.4 is 19.7 Å². The summed E-state index contributed by atoms with van der Waals surface area (Å²) in [6.45, 7) is 28.2. The summed E-state index contributed by atoms with van der Waals surface area (Å²) in [5.74, 6) is 0. The second-order valence-corrected chi connectivity index (χ2v) is 37.2. The molecule has 0 aliphatic heterocycles.